The lowest BCUT2D eigenvalue weighted by Crippen LogP contribution is -2.40. The van der Waals surface area contributed by atoms with Crippen molar-refractivity contribution in [2.45, 2.75) is 26.7 Å². The molecule has 0 radical (unpaired) electrons. The zero-order valence-electron chi connectivity index (χ0n) is 12.9. The van der Waals surface area contributed by atoms with E-state index in [0.29, 0.717) is 11.6 Å². The van der Waals surface area contributed by atoms with Crippen LogP contribution in [0.25, 0.3) is 0 Å². The van der Waals surface area contributed by atoms with Crippen molar-refractivity contribution >= 4 is 23.5 Å². The molecule has 1 amide bonds. The van der Waals surface area contributed by atoms with E-state index in [9.17, 15) is 9.59 Å². The number of amides is 1. The predicted octanol–water partition coefficient (Wildman–Crippen LogP) is 3.10. The number of esters is 1. The number of carbonyl (C=O) groups excluding carboxylic acids is 2. The number of rotatable bonds is 6. The first-order valence-corrected chi connectivity index (χ1v) is 7.39. The standard InChI is InChI=1S/C16H22ClNO3/c1-5-18(10-14(19)21-4)16(20)15(11(2)3)12-6-8-13(17)9-7-12/h6-9,11,15H,5,10H2,1-4H3. The van der Waals surface area contributed by atoms with E-state index in [0.717, 1.165) is 5.56 Å². The first kappa shape index (κ1) is 17.5. The number of ether oxygens (including phenoxy) is 1. The van der Waals surface area contributed by atoms with Crippen molar-refractivity contribution in [3.8, 4) is 0 Å². The molecule has 0 N–H and O–H groups in total. The van der Waals surface area contributed by atoms with Gasteiger partial charge in [0.05, 0.1) is 13.0 Å². The lowest BCUT2D eigenvalue weighted by molar-refractivity contribution is -0.147. The quantitative estimate of drug-likeness (QED) is 0.758. The van der Waals surface area contributed by atoms with E-state index in [4.69, 9.17) is 11.6 Å². The predicted molar refractivity (Wildman–Crippen MR) is 83.3 cm³/mol. The summed E-state index contributed by atoms with van der Waals surface area (Å²) in [6.45, 7) is 6.26. The molecule has 1 aromatic carbocycles. The normalized spacial score (nSPS) is 12.1. The van der Waals surface area contributed by atoms with Crippen LogP contribution in [0.15, 0.2) is 24.3 Å². The number of benzene rings is 1. The minimum Gasteiger partial charge on any atom is -0.468 e. The fourth-order valence-corrected chi connectivity index (χ4v) is 2.37. The molecule has 1 unspecified atom stereocenters. The van der Waals surface area contributed by atoms with Crippen LogP contribution in [0.3, 0.4) is 0 Å². The van der Waals surface area contributed by atoms with Crippen molar-refractivity contribution in [3.63, 3.8) is 0 Å². The number of nitrogens with zero attached hydrogens (tertiary/aromatic N) is 1. The monoisotopic (exact) mass is 311 g/mol. The van der Waals surface area contributed by atoms with Gasteiger partial charge in [0.1, 0.15) is 6.54 Å². The van der Waals surface area contributed by atoms with E-state index in [1.807, 2.05) is 32.9 Å². The van der Waals surface area contributed by atoms with Crippen molar-refractivity contribution in [1.82, 2.24) is 4.90 Å². The summed E-state index contributed by atoms with van der Waals surface area (Å²) in [5.41, 5.74) is 0.905. The Labute approximate surface area is 131 Å². The van der Waals surface area contributed by atoms with Crippen LogP contribution in [0.4, 0.5) is 0 Å². The van der Waals surface area contributed by atoms with Crippen LogP contribution in [0, 0.1) is 5.92 Å². The maximum Gasteiger partial charge on any atom is 0.325 e. The Hall–Kier alpha value is -1.55. The van der Waals surface area contributed by atoms with Gasteiger partial charge in [-0.25, -0.2) is 0 Å². The summed E-state index contributed by atoms with van der Waals surface area (Å²) in [5, 5.41) is 0.635. The van der Waals surface area contributed by atoms with Gasteiger partial charge in [0, 0.05) is 11.6 Å². The highest BCUT2D eigenvalue weighted by Crippen LogP contribution is 2.27. The molecule has 0 aliphatic rings. The molecule has 0 bridgehead atoms. The average molecular weight is 312 g/mol. The molecule has 4 nitrogen and oxygen atoms in total. The number of likely N-dealkylation sites (N-methyl/N-ethyl adjacent to an activating group) is 1. The van der Waals surface area contributed by atoms with E-state index >= 15 is 0 Å². The summed E-state index contributed by atoms with van der Waals surface area (Å²) in [7, 11) is 1.32. The van der Waals surface area contributed by atoms with Crippen molar-refractivity contribution in [3.05, 3.63) is 34.9 Å². The number of carbonyl (C=O) groups is 2. The summed E-state index contributed by atoms with van der Waals surface area (Å²) in [5.74, 6) is -0.665. The molecule has 1 atom stereocenters. The molecule has 0 fully saturated rings. The minimum atomic E-state index is -0.413. The highest BCUT2D eigenvalue weighted by molar-refractivity contribution is 6.30. The summed E-state index contributed by atoms with van der Waals surface area (Å²) in [6, 6.07) is 7.26. The lowest BCUT2D eigenvalue weighted by atomic mass is 9.87. The van der Waals surface area contributed by atoms with Gasteiger partial charge in [0.2, 0.25) is 5.91 Å². The first-order valence-electron chi connectivity index (χ1n) is 7.01. The minimum absolute atomic E-state index is 0.0252. The van der Waals surface area contributed by atoms with E-state index in [2.05, 4.69) is 4.74 Å². The van der Waals surface area contributed by atoms with E-state index < -0.39 is 5.97 Å². The third kappa shape index (κ3) is 4.74. The van der Waals surface area contributed by atoms with Crippen LogP contribution in [-0.2, 0) is 14.3 Å². The highest BCUT2D eigenvalue weighted by atomic mass is 35.5. The first-order chi connectivity index (χ1) is 9.90. The van der Waals surface area contributed by atoms with Crippen molar-refractivity contribution < 1.29 is 14.3 Å². The molecule has 0 aromatic heterocycles. The SMILES string of the molecule is CCN(CC(=O)OC)C(=O)C(c1ccc(Cl)cc1)C(C)C. The number of hydrogen-bond donors (Lipinski definition) is 0. The molecule has 0 spiro atoms. The summed E-state index contributed by atoms with van der Waals surface area (Å²) in [4.78, 5) is 25.7. The molecule has 0 aliphatic carbocycles. The second kappa shape index (κ2) is 8.03. The Morgan fingerprint density at radius 1 is 1.24 bits per heavy atom. The lowest BCUT2D eigenvalue weighted by Gasteiger charge is -2.28. The average Bonchev–Trinajstić information content (AvgIpc) is 2.46. The Kier molecular flexibility index (Phi) is 6.69. The topological polar surface area (TPSA) is 46.6 Å². The van der Waals surface area contributed by atoms with Gasteiger partial charge in [0.25, 0.3) is 0 Å². The number of hydrogen-bond acceptors (Lipinski definition) is 3. The molecule has 0 saturated heterocycles. The van der Waals surface area contributed by atoms with Gasteiger partial charge in [-0.2, -0.15) is 0 Å². The maximum atomic E-state index is 12.7. The molecular formula is C16H22ClNO3. The Balaban J connectivity index is 3.00. The largest absolute Gasteiger partial charge is 0.468 e. The molecule has 1 aromatic rings. The van der Waals surface area contributed by atoms with Crippen molar-refractivity contribution in [2.24, 2.45) is 5.92 Å². The third-order valence-corrected chi connectivity index (χ3v) is 3.65. The van der Waals surface area contributed by atoms with Crippen LogP contribution in [0.1, 0.15) is 32.3 Å². The number of halogens is 1. The zero-order chi connectivity index (χ0) is 16.0. The Morgan fingerprint density at radius 2 is 1.81 bits per heavy atom. The molecule has 0 heterocycles. The van der Waals surface area contributed by atoms with Gasteiger partial charge >= 0.3 is 5.97 Å². The van der Waals surface area contributed by atoms with Gasteiger partial charge in [-0.15, -0.1) is 0 Å². The van der Waals surface area contributed by atoms with E-state index in [1.54, 1.807) is 12.1 Å². The Morgan fingerprint density at radius 3 is 2.24 bits per heavy atom. The molecule has 5 heteroatoms. The van der Waals surface area contributed by atoms with Gasteiger partial charge in [-0.3, -0.25) is 9.59 Å². The zero-order valence-corrected chi connectivity index (χ0v) is 13.7. The smallest absolute Gasteiger partial charge is 0.325 e. The van der Waals surface area contributed by atoms with Crippen molar-refractivity contribution in [2.75, 3.05) is 20.2 Å². The van der Waals surface area contributed by atoms with E-state index in [1.165, 1.54) is 12.0 Å². The summed E-state index contributed by atoms with van der Waals surface area (Å²) in [6.07, 6.45) is 0. The van der Waals surface area contributed by atoms with Crippen LogP contribution < -0.4 is 0 Å². The van der Waals surface area contributed by atoms with Gasteiger partial charge in [-0.1, -0.05) is 37.6 Å². The highest BCUT2D eigenvalue weighted by Gasteiger charge is 2.29. The van der Waals surface area contributed by atoms with Gasteiger partial charge in [-0.05, 0) is 30.5 Å². The molecule has 0 saturated carbocycles. The third-order valence-electron chi connectivity index (χ3n) is 3.40. The second-order valence-electron chi connectivity index (χ2n) is 5.20. The van der Waals surface area contributed by atoms with E-state index in [-0.39, 0.29) is 24.3 Å². The van der Waals surface area contributed by atoms with Crippen LogP contribution in [0.5, 0.6) is 0 Å². The molecule has 1 rings (SSSR count). The fourth-order valence-electron chi connectivity index (χ4n) is 2.25. The van der Waals surface area contributed by atoms with Crippen LogP contribution in [-0.4, -0.2) is 37.0 Å². The Bertz CT molecular complexity index is 485. The van der Waals surface area contributed by atoms with Crippen LogP contribution >= 0.6 is 11.6 Å². The molecular weight excluding hydrogens is 290 g/mol. The van der Waals surface area contributed by atoms with Crippen LogP contribution in [0.2, 0.25) is 5.02 Å². The molecule has 0 aliphatic heterocycles. The summed E-state index contributed by atoms with van der Waals surface area (Å²) >= 11 is 5.90. The second-order valence-corrected chi connectivity index (χ2v) is 5.64. The van der Waals surface area contributed by atoms with Crippen molar-refractivity contribution in [1.29, 1.82) is 0 Å². The molecule has 116 valence electrons. The van der Waals surface area contributed by atoms with Gasteiger partial charge < -0.3 is 9.64 Å². The fraction of sp³-hybridized carbons (Fsp3) is 0.500. The maximum absolute atomic E-state index is 12.7. The van der Waals surface area contributed by atoms with Gasteiger partial charge in [0.15, 0.2) is 0 Å². The number of methoxy groups -OCH3 is 1. The molecule has 21 heavy (non-hydrogen) atoms. The summed E-state index contributed by atoms with van der Waals surface area (Å²) < 4.78 is 4.64.